The highest BCUT2D eigenvalue weighted by Crippen LogP contribution is 2.47. The number of rotatable bonds is 8. The first kappa shape index (κ1) is 18.3. The van der Waals surface area contributed by atoms with Crippen molar-refractivity contribution in [1.29, 1.82) is 0 Å². The number of nitrogens with zero attached hydrogens (tertiary/aromatic N) is 1. The van der Waals surface area contributed by atoms with Crippen LogP contribution in [-0.2, 0) is 11.3 Å². The second-order valence-corrected chi connectivity index (χ2v) is 6.91. The molecule has 0 spiro atoms. The van der Waals surface area contributed by atoms with Crippen molar-refractivity contribution in [2.24, 2.45) is 5.92 Å². The largest absolute Gasteiger partial charge is 0.497 e. The maximum atomic E-state index is 12.4. The molecule has 2 unspecified atom stereocenters. The van der Waals surface area contributed by atoms with Crippen molar-refractivity contribution in [2.45, 2.75) is 25.8 Å². The maximum Gasteiger partial charge on any atom is 0.238 e. The third-order valence-electron chi connectivity index (χ3n) is 4.68. The van der Waals surface area contributed by atoms with Gasteiger partial charge < -0.3 is 19.2 Å². The van der Waals surface area contributed by atoms with E-state index in [0.717, 1.165) is 17.4 Å². The van der Waals surface area contributed by atoms with Crippen LogP contribution in [0.1, 0.15) is 30.8 Å². The Hall–Kier alpha value is -2.47. The molecular weight excluding hydrogens is 332 g/mol. The summed E-state index contributed by atoms with van der Waals surface area (Å²) in [4.78, 5) is 14.3. The van der Waals surface area contributed by atoms with Crippen LogP contribution in [0.25, 0.3) is 0 Å². The van der Waals surface area contributed by atoms with Gasteiger partial charge in [0.05, 0.1) is 33.0 Å². The van der Waals surface area contributed by atoms with Crippen LogP contribution in [0.3, 0.4) is 0 Å². The summed E-state index contributed by atoms with van der Waals surface area (Å²) in [6, 6.07) is 9.35. The number of hydrogen-bond donors (Lipinski definition) is 1. The molecule has 1 heterocycles. The molecule has 0 bridgehead atoms. The lowest BCUT2D eigenvalue weighted by Crippen LogP contribution is -2.29. The Morgan fingerprint density at radius 3 is 2.69 bits per heavy atom. The smallest absolute Gasteiger partial charge is 0.238 e. The zero-order chi connectivity index (χ0) is 18.7. The molecule has 1 aliphatic rings. The van der Waals surface area contributed by atoms with E-state index in [1.54, 1.807) is 32.4 Å². The van der Waals surface area contributed by atoms with E-state index in [1.807, 2.05) is 18.0 Å². The molecule has 1 saturated carbocycles. The minimum atomic E-state index is -0.123. The van der Waals surface area contributed by atoms with E-state index in [0.29, 0.717) is 29.6 Å². The van der Waals surface area contributed by atoms with Gasteiger partial charge in [-0.05, 0) is 43.7 Å². The average molecular weight is 358 g/mol. The highest BCUT2D eigenvalue weighted by molar-refractivity contribution is 5.93. The number of likely N-dealkylation sites (N-methyl/N-ethyl adjacent to an activating group) is 1. The third-order valence-corrected chi connectivity index (χ3v) is 4.68. The third kappa shape index (κ3) is 4.38. The lowest BCUT2D eigenvalue weighted by Gasteiger charge is -2.16. The number of hydrogen-bond acceptors (Lipinski definition) is 5. The van der Waals surface area contributed by atoms with Gasteiger partial charge in [0.25, 0.3) is 0 Å². The molecule has 1 N–H and O–H groups in total. The predicted molar refractivity (Wildman–Crippen MR) is 99.7 cm³/mol. The second-order valence-electron chi connectivity index (χ2n) is 6.91. The summed E-state index contributed by atoms with van der Waals surface area (Å²) < 4.78 is 16.4. The maximum absolute atomic E-state index is 12.4. The molecule has 0 aliphatic heterocycles. The van der Waals surface area contributed by atoms with E-state index >= 15 is 0 Å². The summed E-state index contributed by atoms with van der Waals surface area (Å²) in [5.74, 6) is 4.36. The Morgan fingerprint density at radius 1 is 1.27 bits per heavy atom. The van der Waals surface area contributed by atoms with Gasteiger partial charge in [-0.25, -0.2) is 0 Å². The first-order chi connectivity index (χ1) is 12.5. The normalized spacial score (nSPS) is 18.7. The van der Waals surface area contributed by atoms with Crippen molar-refractivity contribution >= 4 is 11.6 Å². The Kier molecular flexibility index (Phi) is 5.52. The van der Waals surface area contributed by atoms with E-state index in [2.05, 4.69) is 18.3 Å². The summed E-state index contributed by atoms with van der Waals surface area (Å²) in [5, 5.41) is 2.88. The van der Waals surface area contributed by atoms with Crippen molar-refractivity contribution in [2.75, 3.05) is 33.1 Å². The van der Waals surface area contributed by atoms with Crippen LogP contribution in [0.4, 0.5) is 5.69 Å². The number of amides is 1. The van der Waals surface area contributed by atoms with Crippen LogP contribution in [-0.4, -0.2) is 38.6 Å². The van der Waals surface area contributed by atoms with Gasteiger partial charge >= 0.3 is 0 Å². The number of furan rings is 1. The van der Waals surface area contributed by atoms with Crippen molar-refractivity contribution in [1.82, 2.24) is 4.90 Å². The van der Waals surface area contributed by atoms with Gasteiger partial charge in [0.15, 0.2) is 0 Å². The number of carbonyl (C=O) groups is 1. The van der Waals surface area contributed by atoms with Crippen LogP contribution in [0, 0.1) is 5.92 Å². The summed E-state index contributed by atoms with van der Waals surface area (Å²) in [7, 11) is 5.05. The molecule has 26 heavy (non-hydrogen) atoms. The van der Waals surface area contributed by atoms with Crippen LogP contribution >= 0.6 is 0 Å². The number of anilines is 1. The molecule has 3 rings (SSSR count). The SMILES string of the molecule is COc1ccc(OC)c(NC(=O)CN(C)Cc2ccc(C3CC3C)o2)c1. The number of benzene rings is 1. The molecule has 6 nitrogen and oxygen atoms in total. The number of ether oxygens (including phenoxy) is 2. The van der Waals surface area contributed by atoms with Gasteiger partial charge in [0, 0.05) is 12.0 Å². The molecular formula is C20H26N2O4. The predicted octanol–water partition coefficient (Wildman–Crippen LogP) is 3.49. The minimum absolute atomic E-state index is 0.123. The van der Waals surface area contributed by atoms with Gasteiger partial charge in [-0.3, -0.25) is 9.69 Å². The van der Waals surface area contributed by atoms with Crippen LogP contribution in [0.2, 0.25) is 0 Å². The fraction of sp³-hybridized carbons (Fsp3) is 0.450. The van der Waals surface area contributed by atoms with E-state index in [4.69, 9.17) is 13.9 Å². The van der Waals surface area contributed by atoms with E-state index < -0.39 is 0 Å². The molecule has 1 fully saturated rings. The van der Waals surface area contributed by atoms with Crippen LogP contribution < -0.4 is 14.8 Å². The van der Waals surface area contributed by atoms with Crippen LogP contribution in [0.5, 0.6) is 11.5 Å². The Labute approximate surface area is 154 Å². The van der Waals surface area contributed by atoms with Crippen molar-refractivity contribution in [3.05, 3.63) is 41.9 Å². The van der Waals surface area contributed by atoms with Gasteiger partial charge in [0.2, 0.25) is 5.91 Å². The van der Waals surface area contributed by atoms with Gasteiger partial charge in [0.1, 0.15) is 23.0 Å². The molecule has 0 radical (unpaired) electrons. The number of nitrogens with one attached hydrogen (secondary N) is 1. The summed E-state index contributed by atoms with van der Waals surface area (Å²) >= 11 is 0. The molecule has 1 aliphatic carbocycles. The fourth-order valence-electron chi connectivity index (χ4n) is 3.07. The van der Waals surface area contributed by atoms with Gasteiger partial charge in [-0.2, -0.15) is 0 Å². The molecule has 6 heteroatoms. The van der Waals surface area contributed by atoms with Crippen molar-refractivity contribution in [3.63, 3.8) is 0 Å². The fourth-order valence-corrected chi connectivity index (χ4v) is 3.07. The van der Waals surface area contributed by atoms with E-state index in [1.165, 1.54) is 6.42 Å². The lowest BCUT2D eigenvalue weighted by atomic mass is 10.2. The van der Waals surface area contributed by atoms with Crippen LogP contribution in [0.15, 0.2) is 34.7 Å². The number of methoxy groups -OCH3 is 2. The topological polar surface area (TPSA) is 63.9 Å². The molecule has 140 valence electrons. The Bertz CT molecular complexity index is 771. The molecule has 1 amide bonds. The highest BCUT2D eigenvalue weighted by atomic mass is 16.5. The van der Waals surface area contributed by atoms with E-state index in [-0.39, 0.29) is 12.5 Å². The van der Waals surface area contributed by atoms with Crippen molar-refractivity contribution < 1.29 is 18.7 Å². The highest BCUT2D eigenvalue weighted by Gasteiger charge is 2.36. The van der Waals surface area contributed by atoms with Gasteiger partial charge in [-0.1, -0.05) is 6.92 Å². The standard InChI is InChI=1S/C20H26N2O4/c1-13-9-16(13)18-7-6-15(26-18)11-22(2)12-20(23)21-17-10-14(24-3)5-8-19(17)25-4/h5-8,10,13,16H,9,11-12H2,1-4H3,(H,21,23). The quantitative estimate of drug-likeness (QED) is 0.783. The van der Waals surface area contributed by atoms with E-state index in [9.17, 15) is 4.79 Å². The zero-order valence-corrected chi connectivity index (χ0v) is 15.7. The number of carbonyl (C=O) groups excluding carboxylic acids is 1. The summed E-state index contributed by atoms with van der Waals surface area (Å²) in [5.41, 5.74) is 0.591. The summed E-state index contributed by atoms with van der Waals surface area (Å²) in [6.07, 6.45) is 1.20. The second kappa shape index (κ2) is 7.83. The Balaban J connectivity index is 1.55. The lowest BCUT2D eigenvalue weighted by molar-refractivity contribution is -0.117. The molecule has 1 aromatic heterocycles. The Morgan fingerprint density at radius 2 is 2.04 bits per heavy atom. The first-order valence-corrected chi connectivity index (χ1v) is 8.79. The monoisotopic (exact) mass is 358 g/mol. The minimum Gasteiger partial charge on any atom is -0.497 e. The molecule has 2 atom stereocenters. The zero-order valence-electron chi connectivity index (χ0n) is 15.7. The first-order valence-electron chi connectivity index (χ1n) is 8.79. The average Bonchev–Trinajstić information content (AvgIpc) is 3.16. The molecule has 1 aromatic carbocycles. The molecule has 0 saturated heterocycles. The van der Waals surface area contributed by atoms with Crippen molar-refractivity contribution in [3.8, 4) is 11.5 Å². The molecule has 2 aromatic rings. The summed E-state index contributed by atoms with van der Waals surface area (Å²) in [6.45, 7) is 3.07. The van der Waals surface area contributed by atoms with Gasteiger partial charge in [-0.15, -0.1) is 0 Å².